The maximum Gasteiger partial charge on any atom is 0.0784 e. The van der Waals surface area contributed by atoms with E-state index in [1.54, 1.807) is 0 Å². The average molecular weight is 329 g/mol. The third kappa shape index (κ3) is 5.96. The van der Waals surface area contributed by atoms with Crippen LogP contribution in [-0.2, 0) is 10.8 Å². The summed E-state index contributed by atoms with van der Waals surface area (Å²) < 4.78 is 13.1. The van der Waals surface area contributed by atoms with Crippen LogP contribution >= 0.6 is 15.9 Å². The standard InChI is InChI=1S/C15H21BrOS/c1-3-4-5-6-7-14(16)12-18(17)15-10-8-13(2)9-11-15/h8-12H,3-7H2,1-2H3/b14-12-. The molecule has 3 heteroatoms. The van der Waals surface area contributed by atoms with Crippen LogP contribution in [0.25, 0.3) is 0 Å². The second-order valence-corrected chi connectivity index (χ2v) is 6.81. The van der Waals surface area contributed by atoms with Crippen molar-refractivity contribution in [3.05, 3.63) is 39.7 Å². The van der Waals surface area contributed by atoms with Gasteiger partial charge in [-0.1, -0.05) is 59.8 Å². The monoisotopic (exact) mass is 328 g/mol. The number of unbranched alkanes of at least 4 members (excludes halogenated alkanes) is 3. The quantitative estimate of drug-likeness (QED) is 0.620. The van der Waals surface area contributed by atoms with Crippen LogP contribution in [-0.4, -0.2) is 4.21 Å². The van der Waals surface area contributed by atoms with Crippen LogP contribution in [0, 0.1) is 6.92 Å². The van der Waals surface area contributed by atoms with Gasteiger partial charge in [-0.15, -0.1) is 0 Å². The lowest BCUT2D eigenvalue weighted by atomic mass is 10.2. The highest BCUT2D eigenvalue weighted by Crippen LogP contribution is 2.19. The zero-order valence-electron chi connectivity index (χ0n) is 11.1. The van der Waals surface area contributed by atoms with E-state index >= 15 is 0 Å². The lowest BCUT2D eigenvalue weighted by Gasteiger charge is -2.01. The molecule has 1 aromatic carbocycles. The predicted octanol–water partition coefficient (Wildman–Crippen LogP) is 5.31. The number of aryl methyl sites for hydroxylation is 1. The SMILES string of the molecule is CCCCCC/C(Br)=C/S(=O)c1ccc(C)cc1. The van der Waals surface area contributed by atoms with Gasteiger partial charge in [0.2, 0.25) is 0 Å². The van der Waals surface area contributed by atoms with Gasteiger partial charge in [0.1, 0.15) is 0 Å². The molecule has 1 aromatic rings. The minimum Gasteiger partial charge on any atom is -0.250 e. The van der Waals surface area contributed by atoms with Crippen molar-refractivity contribution in [1.82, 2.24) is 0 Å². The van der Waals surface area contributed by atoms with Crippen LogP contribution in [0.4, 0.5) is 0 Å². The number of allylic oxidation sites excluding steroid dienone is 1. The van der Waals surface area contributed by atoms with Gasteiger partial charge in [0.05, 0.1) is 10.8 Å². The summed E-state index contributed by atoms with van der Waals surface area (Å²) in [5.74, 6) is 0. The molecule has 1 atom stereocenters. The maximum absolute atomic E-state index is 12.1. The Kier molecular flexibility index (Phi) is 7.52. The molecular formula is C15H21BrOS. The minimum atomic E-state index is -1.04. The molecule has 1 rings (SSSR count). The van der Waals surface area contributed by atoms with Crippen molar-refractivity contribution >= 4 is 26.7 Å². The van der Waals surface area contributed by atoms with Gasteiger partial charge in [-0.2, -0.15) is 0 Å². The molecule has 0 aliphatic rings. The van der Waals surface area contributed by atoms with Crippen molar-refractivity contribution in [2.75, 3.05) is 0 Å². The van der Waals surface area contributed by atoms with Gasteiger partial charge in [-0.3, -0.25) is 0 Å². The Hall–Kier alpha value is -0.410. The first-order chi connectivity index (χ1) is 8.63. The van der Waals surface area contributed by atoms with Gasteiger partial charge in [0, 0.05) is 14.8 Å². The van der Waals surface area contributed by atoms with E-state index in [1.807, 2.05) is 36.6 Å². The van der Waals surface area contributed by atoms with Crippen molar-refractivity contribution in [3.8, 4) is 0 Å². The van der Waals surface area contributed by atoms with E-state index in [-0.39, 0.29) is 0 Å². The Bertz CT molecular complexity index is 409. The molecule has 1 unspecified atom stereocenters. The summed E-state index contributed by atoms with van der Waals surface area (Å²) in [5.41, 5.74) is 1.19. The lowest BCUT2D eigenvalue weighted by molar-refractivity contribution is 0.672. The number of rotatable bonds is 7. The van der Waals surface area contributed by atoms with Gasteiger partial charge < -0.3 is 0 Å². The molecule has 18 heavy (non-hydrogen) atoms. The molecule has 0 spiro atoms. The Labute approximate surface area is 121 Å². The topological polar surface area (TPSA) is 17.1 Å². The molecule has 1 nitrogen and oxygen atoms in total. The van der Waals surface area contributed by atoms with Gasteiger partial charge in [0.25, 0.3) is 0 Å². The summed E-state index contributed by atoms with van der Waals surface area (Å²) >= 11 is 3.51. The van der Waals surface area contributed by atoms with Crippen molar-refractivity contribution in [2.45, 2.75) is 50.8 Å². The summed E-state index contributed by atoms with van der Waals surface area (Å²) in [4.78, 5) is 0.867. The zero-order chi connectivity index (χ0) is 13.4. The lowest BCUT2D eigenvalue weighted by Crippen LogP contribution is -1.88. The fraction of sp³-hybridized carbons (Fsp3) is 0.467. The fourth-order valence-electron chi connectivity index (χ4n) is 1.64. The number of benzene rings is 1. The highest BCUT2D eigenvalue weighted by atomic mass is 79.9. The third-order valence-corrected chi connectivity index (χ3v) is 4.92. The normalized spacial score (nSPS) is 13.6. The Morgan fingerprint density at radius 3 is 2.50 bits per heavy atom. The molecule has 0 aliphatic heterocycles. The molecule has 0 aliphatic carbocycles. The van der Waals surface area contributed by atoms with Crippen molar-refractivity contribution in [1.29, 1.82) is 0 Å². The molecular weight excluding hydrogens is 308 g/mol. The summed E-state index contributed by atoms with van der Waals surface area (Å²) in [5, 5.41) is 1.82. The number of hydrogen-bond donors (Lipinski definition) is 0. The minimum absolute atomic E-state index is 0.867. The number of halogens is 1. The summed E-state index contributed by atoms with van der Waals surface area (Å²) in [6, 6.07) is 7.85. The average Bonchev–Trinajstić information content (AvgIpc) is 2.35. The smallest absolute Gasteiger partial charge is 0.0784 e. The van der Waals surface area contributed by atoms with Crippen LogP contribution in [0.3, 0.4) is 0 Å². The van der Waals surface area contributed by atoms with E-state index in [2.05, 4.69) is 22.9 Å². The summed E-state index contributed by atoms with van der Waals surface area (Å²) in [6.45, 7) is 4.24. The first-order valence-corrected chi connectivity index (χ1v) is 8.47. The largest absolute Gasteiger partial charge is 0.250 e. The maximum atomic E-state index is 12.1. The first-order valence-electron chi connectivity index (χ1n) is 6.47. The molecule has 0 saturated heterocycles. The van der Waals surface area contributed by atoms with Crippen LogP contribution < -0.4 is 0 Å². The Morgan fingerprint density at radius 1 is 1.22 bits per heavy atom. The highest BCUT2D eigenvalue weighted by Gasteiger charge is 2.02. The molecule has 0 fully saturated rings. The van der Waals surface area contributed by atoms with E-state index in [4.69, 9.17) is 0 Å². The van der Waals surface area contributed by atoms with Crippen LogP contribution in [0.2, 0.25) is 0 Å². The second kappa shape index (κ2) is 8.65. The number of hydrogen-bond acceptors (Lipinski definition) is 1. The van der Waals surface area contributed by atoms with Crippen molar-refractivity contribution in [2.24, 2.45) is 0 Å². The van der Waals surface area contributed by atoms with E-state index in [0.29, 0.717) is 0 Å². The molecule has 0 amide bonds. The first kappa shape index (κ1) is 15.6. The summed E-state index contributed by atoms with van der Waals surface area (Å²) in [6.07, 6.45) is 5.92. The molecule has 0 aromatic heterocycles. The van der Waals surface area contributed by atoms with Gasteiger partial charge in [0.15, 0.2) is 0 Å². The van der Waals surface area contributed by atoms with Crippen LogP contribution in [0.5, 0.6) is 0 Å². The van der Waals surface area contributed by atoms with Crippen LogP contribution in [0.1, 0.15) is 44.6 Å². The van der Waals surface area contributed by atoms with E-state index < -0.39 is 10.8 Å². The zero-order valence-corrected chi connectivity index (χ0v) is 13.5. The molecule has 0 radical (unpaired) electrons. The van der Waals surface area contributed by atoms with E-state index in [0.717, 1.165) is 22.2 Å². The van der Waals surface area contributed by atoms with Gasteiger partial charge in [-0.05, 0) is 31.9 Å². The molecule has 0 N–H and O–H groups in total. The highest BCUT2D eigenvalue weighted by molar-refractivity contribution is 9.11. The molecule has 0 bridgehead atoms. The molecule has 0 heterocycles. The van der Waals surface area contributed by atoms with E-state index in [9.17, 15) is 4.21 Å². The molecule has 100 valence electrons. The van der Waals surface area contributed by atoms with Crippen molar-refractivity contribution in [3.63, 3.8) is 0 Å². The predicted molar refractivity (Wildman–Crippen MR) is 83.4 cm³/mol. The third-order valence-electron chi connectivity index (χ3n) is 2.76. The fourth-order valence-corrected chi connectivity index (χ4v) is 3.32. The van der Waals surface area contributed by atoms with Gasteiger partial charge in [-0.25, -0.2) is 4.21 Å². The van der Waals surface area contributed by atoms with Gasteiger partial charge >= 0.3 is 0 Å². The van der Waals surface area contributed by atoms with E-state index in [1.165, 1.54) is 24.8 Å². The second-order valence-electron chi connectivity index (χ2n) is 4.49. The Balaban J connectivity index is 2.49. The Morgan fingerprint density at radius 2 is 1.89 bits per heavy atom. The summed E-state index contributed by atoms with van der Waals surface area (Å²) in [7, 11) is -1.04. The molecule has 0 saturated carbocycles. The van der Waals surface area contributed by atoms with Crippen LogP contribution in [0.15, 0.2) is 39.1 Å². The van der Waals surface area contributed by atoms with Crippen molar-refractivity contribution < 1.29 is 4.21 Å².